The van der Waals surface area contributed by atoms with E-state index in [2.05, 4.69) is 23.4 Å². The zero-order valence-electron chi connectivity index (χ0n) is 11.0. The Bertz CT molecular complexity index is 578. The summed E-state index contributed by atoms with van der Waals surface area (Å²) in [5.41, 5.74) is 6.96. The largest absolute Gasteiger partial charge is 0.496 e. The van der Waals surface area contributed by atoms with E-state index in [1.54, 1.807) is 18.4 Å². The number of nitrogens with two attached hydrogens (primary N) is 1. The van der Waals surface area contributed by atoms with Crippen LogP contribution in [0, 0.1) is 20.8 Å². The van der Waals surface area contributed by atoms with Gasteiger partial charge in [0.1, 0.15) is 5.75 Å². The van der Waals surface area contributed by atoms with Crippen molar-refractivity contribution >= 4 is 16.5 Å². The lowest BCUT2D eigenvalue weighted by atomic mass is 10.0. The molecule has 96 valence electrons. The highest BCUT2D eigenvalue weighted by molar-refractivity contribution is 7.15. The molecule has 0 aliphatic rings. The third kappa shape index (κ3) is 2.19. The maximum atomic E-state index is 5.40. The van der Waals surface area contributed by atoms with Gasteiger partial charge in [-0.15, -0.1) is 11.3 Å². The average molecular weight is 263 g/mol. The molecule has 1 aromatic carbocycles. The predicted octanol–water partition coefficient (Wildman–Crippen LogP) is 3.03. The first-order valence-corrected chi connectivity index (χ1v) is 6.48. The molecule has 0 radical (unpaired) electrons. The molecule has 1 heterocycles. The van der Waals surface area contributed by atoms with Crippen molar-refractivity contribution in [3.63, 3.8) is 0 Å². The van der Waals surface area contributed by atoms with Crippen LogP contribution in [0.3, 0.4) is 0 Å². The van der Waals surface area contributed by atoms with Crippen molar-refractivity contribution < 1.29 is 4.74 Å². The number of hydrazine groups is 1. The van der Waals surface area contributed by atoms with E-state index in [0.29, 0.717) is 0 Å². The van der Waals surface area contributed by atoms with Crippen LogP contribution in [-0.4, -0.2) is 12.1 Å². The molecule has 0 aliphatic heterocycles. The Morgan fingerprint density at radius 3 is 2.50 bits per heavy atom. The molecular weight excluding hydrogens is 246 g/mol. The Labute approximate surface area is 111 Å². The van der Waals surface area contributed by atoms with Crippen LogP contribution < -0.4 is 16.0 Å². The van der Waals surface area contributed by atoms with E-state index in [-0.39, 0.29) is 0 Å². The summed E-state index contributed by atoms with van der Waals surface area (Å²) in [6, 6.07) is 4.15. The van der Waals surface area contributed by atoms with E-state index in [0.717, 1.165) is 38.1 Å². The number of nitrogens with one attached hydrogen (secondary N) is 1. The Balaban J connectivity index is 2.56. The van der Waals surface area contributed by atoms with Gasteiger partial charge in [0.15, 0.2) is 5.13 Å². The van der Waals surface area contributed by atoms with E-state index in [9.17, 15) is 0 Å². The lowest BCUT2D eigenvalue weighted by Crippen LogP contribution is -2.05. The maximum Gasteiger partial charge on any atom is 0.197 e. The van der Waals surface area contributed by atoms with Gasteiger partial charge in [-0.3, -0.25) is 5.43 Å². The molecule has 2 aromatic rings. The second kappa shape index (κ2) is 4.96. The molecule has 4 nitrogen and oxygen atoms in total. The fraction of sp³-hybridized carbons (Fsp3) is 0.308. The molecular formula is C13H17N3OS. The van der Waals surface area contributed by atoms with Gasteiger partial charge in [-0.1, -0.05) is 0 Å². The lowest BCUT2D eigenvalue weighted by Gasteiger charge is -2.10. The minimum atomic E-state index is 0.732. The van der Waals surface area contributed by atoms with Crippen molar-refractivity contribution in [3.8, 4) is 17.0 Å². The number of hydrogen-bond acceptors (Lipinski definition) is 5. The van der Waals surface area contributed by atoms with Gasteiger partial charge < -0.3 is 4.74 Å². The lowest BCUT2D eigenvalue weighted by molar-refractivity contribution is 0.411. The third-order valence-corrected chi connectivity index (χ3v) is 3.82. The Kier molecular flexibility index (Phi) is 3.54. The van der Waals surface area contributed by atoms with Crippen molar-refractivity contribution in [3.05, 3.63) is 28.1 Å². The SMILES string of the molecule is COc1cc(C)c(-c2nc(NN)sc2C)cc1C. The molecule has 0 atom stereocenters. The molecule has 0 fully saturated rings. The van der Waals surface area contributed by atoms with Crippen LogP contribution in [0.15, 0.2) is 12.1 Å². The summed E-state index contributed by atoms with van der Waals surface area (Å²) in [5, 5.41) is 0.732. The van der Waals surface area contributed by atoms with Crippen molar-refractivity contribution in [2.75, 3.05) is 12.5 Å². The van der Waals surface area contributed by atoms with E-state index in [1.807, 2.05) is 19.9 Å². The number of hydrogen-bond donors (Lipinski definition) is 2. The van der Waals surface area contributed by atoms with Gasteiger partial charge in [0.2, 0.25) is 0 Å². The minimum absolute atomic E-state index is 0.732. The maximum absolute atomic E-state index is 5.40. The molecule has 18 heavy (non-hydrogen) atoms. The summed E-state index contributed by atoms with van der Waals surface area (Å²) in [6.07, 6.45) is 0. The standard InChI is InChI=1S/C13H17N3OS/c1-7-6-11(17-4)8(2)5-10(7)12-9(3)18-13(15-12)16-14/h5-6H,14H2,1-4H3,(H,15,16). The van der Waals surface area contributed by atoms with Gasteiger partial charge in [0.05, 0.1) is 12.8 Å². The Hall–Kier alpha value is -1.59. The van der Waals surface area contributed by atoms with Crippen LogP contribution in [0.25, 0.3) is 11.3 Å². The van der Waals surface area contributed by atoms with Crippen molar-refractivity contribution in [1.82, 2.24) is 4.98 Å². The van der Waals surface area contributed by atoms with Crippen molar-refractivity contribution in [2.45, 2.75) is 20.8 Å². The minimum Gasteiger partial charge on any atom is -0.496 e. The van der Waals surface area contributed by atoms with Gasteiger partial charge in [0, 0.05) is 10.4 Å². The molecule has 3 N–H and O–H groups in total. The zero-order valence-corrected chi connectivity index (χ0v) is 11.8. The van der Waals surface area contributed by atoms with Gasteiger partial charge in [0.25, 0.3) is 0 Å². The van der Waals surface area contributed by atoms with Gasteiger partial charge in [-0.05, 0) is 44.0 Å². The molecule has 0 saturated heterocycles. The number of nitrogen functional groups attached to an aromatic ring is 1. The van der Waals surface area contributed by atoms with Gasteiger partial charge >= 0.3 is 0 Å². The number of thiazole rings is 1. The Morgan fingerprint density at radius 1 is 1.22 bits per heavy atom. The number of aryl methyl sites for hydroxylation is 3. The summed E-state index contributed by atoms with van der Waals surface area (Å²) in [7, 11) is 1.69. The second-order valence-corrected chi connectivity index (χ2v) is 5.41. The number of nitrogens with zero attached hydrogens (tertiary/aromatic N) is 1. The van der Waals surface area contributed by atoms with E-state index < -0.39 is 0 Å². The molecule has 0 unspecified atom stereocenters. The topological polar surface area (TPSA) is 60.2 Å². The first-order valence-electron chi connectivity index (χ1n) is 5.66. The molecule has 1 aromatic heterocycles. The van der Waals surface area contributed by atoms with Crippen molar-refractivity contribution in [1.29, 1.82) is 0 Å². The molecule has 0 saturated carbocycles. The third-order valence-electron chi connectivity index (χ3n) is 2.92. The Morgan fingerprint density at radius 2 is 1.94 bits per heavy atom. The highest BCUT2D eigenvalue weighted by Gasteiger charge is 2.13. The number of anilines is 1. The summed E-state index contributed by atoms with van der Waals surface area (Å²) >= 11 is 1.56. The van der Waals surface area contributed by atoms with Crippen molar-refractivity contribution in [2.24, 2.45) is 5.84 Å². The second-order valence-electron chi connectivity index (χ2n) is 4.20. The number of ether oxygens (including phenoxy) is 1. The number of benzene rings is 1. The summed E-state index contributed by atoms with van der Waals surface area (Å²) in [6.45, 7) is 6.14. The first-order chi connectivity index (χ1) is 8.56. The quantitative estimate of drug-likeness (QED) is 0.660. The molecule has 0 spiro atoms. The van der Waals surface area contributed by atoms with E-state index in [4.69, 9.17) is 10.6 Å². The highest BCUT2D eigenvalue weighted by Crippen LogP contribution is 2.34. The molecule has 2 rings (SSSR count). The average Bonchev–Trinajstić information content (AvgIpc) is 2.73. The van der Waals surface area contributed by atoms with Gasteiger partial charge in [-0.2, -0.15) is 0 Å². The summed E-state index contributed by atoms with van der Waals surface area (Å²) < 4.78 is 5.32. The fourth-order valence-corrected chi connectivity index (χ4v) is 2.71. The molecule has 0 aliphatic carbocycles. The van der Waals surface area contributed by atoms with Gasteiger partial charge in [-0.25, -0.2) is 10.8 Å². The van der Waals surface area contributed by atoms with E-state index in [1.165, 1.54) is 0 Å². The molecule has 5 heteroatoms. The normalized spacial score (nSPS) is 10.5. The predicted molar refractivity (Wildman–Crippen MR) is 76.1 cm³/mol. The molecule has 0 bridgehead atoms. The monoisotopic (exact) mass is 263 g/mol. The number of aromatic nitrogens is 1. The molecule has 0 amide bonds. The van der Waals surface area contributed by atoms with Crippen LogP contribution in [0.4, 0.5) is 5.13 Å². The number of methoxy groups -OCH3 is 1. The number of rotatable bonds is 3. The van der Waals surface area contributed by atoms with Crippen LogP contribution in [-0.2, 0) is 0 Å². The highest BCUT2D eigenvalue weighted by atomic mass is 32.1. The van der Waals surface area contributed by atoms with Crippen LogP contribution in [0.1, 0.15) is 16.0 Å². The van der Waals surface area contributed by atoms with Crippen LogP contribution in [0.5, 0.6) is 5.75 Å². The summed E-state index contributed by atoms with van der Waals surface area (Å²) in [5.74, 6) is 6.31. The van der Waals surface area contributed by atoms with Crippen LogP contribution in [0.2, 0.25) is 0 Å². The smallest absolute Gasteiger partial charge is 0.197 e. The summed E-state index contributed by atoms with van der Waals surface area (Å²) in [4.78, 5) is 5.65. The van der Waals surface area contributed by atoms with E-state index >= 15 is 0 Å². The zero-order chi connectivity index (χ0) is 13.3. The first kappa shape index (κ1) is 12.9. The van der Waals surface area contributed by atoms with Crippen LogP contribution >= 0.6 is 11.3 Å². The fourth-order valence-electron chi connectivity index (χ4n) is 1.97.